The van der Waals surface area contributed by atoms with E-state index in [2.05, 4.69) is 10.1 Å². The molecule has 19 heavy (non-hydrogen) atoms. The molecule has 0 saturated carbocycles. The van der Waals surface area contributed by atoms with Gasteiger partial charge in [0.15, 0.2) is 0 Å². The van der Waals surface area contributed by atoms with Crippen molar-refractivity contribution < 1.29 is 14.4 Å². The molecule has 0 radical (unpaired) electrons. The summed E-state index contributed by atoms with van der Waals surface area (Å²) in [5.74, 6) is 0.361. The predicted octanol–water partition coefficient (Wildman–Crippen LogP) is 2.84. The highest BCUT2D eigenvalue weighted by Crippen LogP contribution is 2.17. The fourth-order valence-electron chi connectivity index (χ4n) is 1.73. The van der Waals surface area contributed by atoms with E-state index >= 15 is 0 Å². The molecular formula is C14H16N2O3. The lowest BCUT2D eigenvalue weighted by Gasteiger charge is -1.95. The minimum atomic E-state index is -0.772. The smallest absolute Gasteiger partial charge is 0.303 e. The highest BCUT2D eigenvalue weighted by Gasteiger charge is 2.08. The van der Waals surface area contributed by atoms with E-state index in [0.29, 0.717) is 24.6 Å². The van der Waals surface area contributed by atoms with E-state index in [1.165, 1.54) is 5.56 Å². The van der Waals surface area contributed by atoms with Crippen LogP contribution in [-0.2, 0) is 11.2 Å². The SMILES string of the molecule is Cc1ccc(-c2noc(CCCCC(=O)O)n2)cc1. The number of rotatable bonds is 6. The molecule has 0 aliphatic rings. The summed E-state index contributed by atoms with van der Waals surface area (Å²) in [6.45, 7) is 2.02. The molecule has 0 fully saturated rings. The summed E-state index contributed by atoms with van der Waals surface area (Å²) in [6, 6.07) is 7.90. The van der Waals surface area contributed by atoms with Crippen LogP contribution < -0.4 is 0 Å². The van der Waals surface area contributed by atoms with Crippen LogP contribution >= 0.6 is 0 Å². The van der Waals surface area contributed by atoms with Gasteiger partial charge in [-0.1, -0.05) is 35.0 Å². The van der Waals surface area contributed by atoms with Crippen LogP contribution in [0.15, 0.2) is 28.8 Å². The van der Waals surface area contributed by atoms with Gasteiger partial charge in [-0.05, 0) is 19.8 Å². The number of hydrogen-bond donors (Lipinski definition) is 1. The van der Waals surface area contributed by atoms with Crippen molar-refractivity contribution >= 4 is 5.97 Å². The Morgan fingerprint density at radius 3 is 2.68 bits per heavy atom. The lowest BCUT2D eigenvalue weighted by molar-refractivity contribution is -0.137. The Hall–Kier alpha value is -2.17. The summed E-state index contributed by atoms with van der Waals surface area (Å²) in [5, 5.41) is 12.5. The molecule has 0 bridgehead atoms. The first-order valence-electron chi connectivity index (χ1n) is 6.26. The van der Waals surface area contributed by atoms with E-state index in [1.54, 1.807) is 0 Å². The molecule has 2 aromatic rings. The molecule has 1 aromatic heterocycles. The van der Waals surface area contributed by atoms with Crippen LogP contribution in [0.5, 0.6) is 0 Å². The quantitative estimate of drug-likeness (QED) is 0.808. The fourth-order valence-corrected chi connectivity index (χ4v) is 1.73. The average Bonchev–Trinajstić information content (AvgIpc) is 2.84. The lowest BCUT2D eigenvalue weighted by atomic mass is 10.1. The maximum absolute atomic E-state index is 10.4. The molecule has 5 heteroatoms. The van der Waals surface area contributed by atoms with Crippen molar-refractivity contribution in [1.82, 2.24) is 10.1 Å². The third-order valence-corrected chi connectivity index (χ3v) is 2.81. The summed E-state index contributed by atoms with van der Waals surface area (Å²) in [5.41, 5.74) is 2.10. The van der Waals surface area contributed by atoms with Gasteiger partial charge < -0.3 is 9.63 Å². The number of unbranched alkanes of at least 4 members (excludes halogenated alkanes) is 1. The average molecular weight is 260 g/mol. The highest BCUT2D eigenvalue weighted by molar-refractivity contribution is 5.66. The second-order valence-corrected chi connectivity index (χ2v) is 4.48. The van der Waals surface area contributed by atoms with Crippen LogP contribution in [0.1, 0.15) is 30.7 Å². The van der Waals surface area contributed by atoms with Crippen molar-refractivity contribution in [2.24, 2.45) is 0 Å². The van der Waals surface area contributed by atoms with Gasteiger partial charge in [-0.25, -0.2) is 0 Å². The summed E-state index contributed by atoms with van der Waals surface area (Å²) >= 11 is 0. The molecule has 1 heterocycles. The van der Waals surface area contributed by atoms with Crippen LogP contribution in [-0.4, -0.2) is 21.2 Å². The summed E-state index contributed by atoms with van der Waals surface area (Å²) in [7, 11) is 0. The first kappa shape index (κ1) is 13.3. The van der Waals surface area contributed by atoms with Gasteiger partial charge in [0.1, 0.15) is 0 Å². The molecule has 0 spiro atoms. The Morgan fingerprint density at radius 2 is 2.00 bits per heavy atom. The topological polar surface area (TPSA) is 76.2 Å². The molecule has 0 amide bonds. The normalized spacial score (nSPS) is 10.6. The van der Waals surface area contributed by atoms with Gasteiger partial charge in [-0.2, -0.15) is 4.98 Å². The van der Waals surface area contributed by atoms with Gasteiger partial charge in [0.25, 0.3) is 0 Å². The van der Waals surface area contributed by atoms with Gasteiger partial charge in [0.05, 0.1) is 0 Å². The zero-order chi connectivity index (χ0) is 13.7. The van der Waals surface area contributed by atoms with Crippen LogP contribution in [0.2, 0.25) is 0 Å². The molecule has 0 atom stereocenters. The zero-order valence-corrected chi connectivity index (χ0v) is 10.8. The van der Waals surface area contributed by atoms with Gasteiger partial charge in [-0.3, -0.25) is 4.79 Å². The van der Waals surface area contributed by atoms with E-state index in [4.69, 9.17) is 9.63 Å². The summed E-state index contributed by atoms with van der Waals surface area (Å²) in [4.78, 5) is 14.7. The molecule has 0 aliphatic heterocycles. The third kappa shape index (κ3) is 3.91. The van der Waals surface area contributed by atoms with Crippen LogP contribution in [0.3, 0.4) is 0 Å². The Kier molecular flexibility index (Phi) is 4.28. The minimum absolute atomic E-state index is 0.180. The number of aliphatic carboxylic acids is 1. The molecule has 1 N–H and O–H groups in total. The maximum atomic E-state index is 10.4. The molecule has 1 aromatic carbocycles. The van der Waals surface area contributed by atoms with Gasteiger partial charge in [0, 0.05) is 18.4 Å². The van der Waals surface area contributed by atoms with Crippen molar-refractivity contribution in [3.63, 3.8) is 0 Å². The fraction of sp³-hybridized carbons (Fsp3) is 0.357. The Bertz CT molecular complexity index is 546. The Balaban J connectivity index is 1.91. The molecule has 0 unspecified atom stereocenters. The van der Waals surface area contributed by atoms with Crippen molar-refractivity contribution in [1.29, 1.82) is 0 Å². The zero-order valence-electron chi connectivity index (χ0n) is 10.8. The van der Waals surface area contributed by atoms with Gasteiger partial charge in [0.2, 0.25) is 11.7 Å². The molecule has 0 saturated heterocycles. The molecule has 0 aliphatic carbocycles. The van der Waals surface area contributed by atoms with Crippen molar-refractivity contribution in [3.8, 4) is 11.4 Å². The largest absolute Gasteiger partial charge is 0.481 e. The number of carboxylic acids is 1. The first-order chi connectivity index (χ1) is 9.15. The van der Waals surface area contributed by atoms with E-state index in [0.717, 1.165) is 12.0 Å². The molecular weight excluding hydrogens is 244 g/mol. The van der Waals surface area contributed by atoms with Gasteiger partial charge in [-0.15, -0.1) is 0 Å². The highest BCUT2D eigenvalue weighted by atomic mass is 16.5. The van der Waals surface area contributed by atoms with Crippen molar-refractivity contribution in [2.45, 2.75) is 32.6 Å². The molecule has 100 valence electrons. The summed E-state index contributed by atoms with van der Waals surface area (Å²) in [6.07, 6.45) is 2.16. The second-order valence-electron chi connectivity index (χ2n) is 4.48. The van der Waals surface area contributed by atoms with E-state index in [1.807, 2.05) is 31.2 Å². The number of hydrogen-bond acceptors (Lipinski definition) is 4. The van der Waals surface area contributed by atoms with E-state index in [-0.39, 0.29) is 6.42 Å². The minimum Gasteiger partial charge on any atom is -0.481 e. The monoisotopic (exact) mass is 260 g/mol. The maximum Gasteiger partial charge on any atom is 0.303 e. The molecule has 5 nitrogen and oxygen atoms in total. The first-order valence-corrected chi connectivity index (χ1v) is 6.26. The van der Waals surface area contributed by atoms with E-state index in [9.17, 15) is 4.79 Å². The second kappa shape index (κ2) is 6.13. The third-order valence-electron chi connectivity index (χ3n) is 2.81. The number of nitrogens with zero attached hydrogens (tertiary/aromatic N) is 2. The summed E-state index contributed by atoms with van der Waals surface area (Å²) < 4.78 is 5.15. The van der Waals surface area contributed by atoms with Gasteiger partial charge >= 0.3 is 5.97 Å². The predicted molar refractivity (Wildman–Crippen MR) is 69.7 cm³/mol. The van der Waals surface area contributed by atoms with Crippen molar-refractivity contribution in [2.75, 3.05) is 0 Å². The Labute approximate surface area is 111 Å². The van der Waals surface area contributed by atoms with Crippen molar-refractivity contribution in [3.05, 3.63) is 35.7 Å². The number of benzene rings is 1. The lowest BCUT2D eigenvalue weighted by Crippen LogP contribution is -1.95. The van der Waals surface area contributed by atoms with Crippen LogP contribution in [0, 0.1) is 6.92 Å². The standard InChI is InChI=1S/C14H16N2O3/c1-10-6-8-11(9-7-10)14-15-12(19-16-14)4-2-3-5-13(17)18/h6-9H,2-5H2,1H3,(H,17,18). The number of carboxylic acid groups (broad SMARTS) is 1. The van der Waals surface area contributed by atoms with Crippen LogP contribution in [0.25, 0.3) is 11.4 Å². The number of carbonyl (C=O) groups is 1. The van der Waals surface area contributed by atoms with Crippen LogP contribution in [0.4, 0.5) is 0 Å². The molecule has 2 rings (SSSR count). The van der Waals surface area contributed by atoms with E-state index < -0.39 is 5.97 Å². The number of aryl methyl sites for hydroxylation is 2. The number of aromatic nitrogens is 2. The Morgan fingerprint density at radius 1 is 1.26 bits per heavy atom.